The molecule has 1 saturated carbocycles. The minimum Gasteiger partial charge on any atom is -0.373 e. The minimum absolute atomic E-state index is 0.565. The van der Waals surface area contributed by atoms with Gasteiger partial charge in [0.15, 0.2) is 0 Å². The predicted octanol–water partition coefficient (Wildman–Crippen LogP) is 3.69. The molecule has 3 rings (SSSR count). The zero-order valence-corrected chi connectivity index (χ0v) is 13.0. The fourth-order valence-electron chi connectivity index (χ4n) is 2.12. The molecule has 4 nitrogen and oxygen atoms in total. The number of nitrogens with one attached hydrogen (secondary N) is 2. The maximum atomic E-state index is 4.63. The molecule has 0 amide bonds. The van der Waals surface area contributed by atoms with Crippen LogP contribution in [-0.4, -0.2) is 17.0 Å². The maximum absolute atomic E-state index is 4.63. The Labute approximate surface area is 123 Å². The van der Waals surface area contributed by atoms with E-state index in [-0.39, 0.29) is 0 Å². The van der Waals surface area contributed by atoms with Crippen LogP contribution in [0.25, 0.3) is 0 Å². The van der Waals surface area contributed by atoms with Crippen molar-refractivity contribution in [3.8, 4) is 0 Å². The molecule has 1 aliphatic carbocycles. The van der Waals surface area contributed by atoms with Crippen molar-refractivity contribution in [1.29, 1.82) is 0 Å². The molecule has 0 bridgehead atoms. The molecule has 0 aromatic carbocycles. The molecule has 2 aromatic heterocycles. The average Bonchev–Trinajstić information content (AvgIpc) is 3.24. The Bertz CT molecular complexity index is 597. The molecular weight excluding hydrogens is 268 g/mol. The Hall–Kier alpha value is -1.62. The standard InChI is InChI=1S/C15H20N4S/c1-9-6-12(20-10(9)2)8-17-14-7-13(16-3)18-15(19-14)11-4-5-11/h6-7,11H,4-5,8H2,1-3H3,(H2,16,17,18,19). The van der Waals surface area contributed by atoms with Crippen molar-refractivity contribution in [2.75, 3.05) is 17.7 Å². The van der Waals surface area contributed by atoms with Gasteiger partial charge in [-0.05, 0) is 38.3 Å². The Morgan fingerprint density at radius 1 is 1.20 bits per heavy atom. The van der Waals surface area contributed by atoms with Crippen LogP contribution in [0.4, 0.5) is 11.6 Å². The summed E-state index contributed by atoms with van der Waals surface area (Å²) in [7, 11) is 1.90. The Balaban J connectivity index is 1.74. The number of anilines is 2. The fourth-order valence-corrected chi connectivity index (χ4v) is 3.12. The zero-order chi connectivity index (χ0) is 14.1. The van der Waals surface area contributed by atoms with Crippen LogP contribution in [0.15, 0.2) is 12.1 Å². The highest BCUT2D eigenvalue weighted by atomic mass is 32.1. The highest BCUT2D eigenvalue weighted by Crippen LogP contribution is 2.38. The predicted molar refractivity (Wildman–Crippen MR) is 84.7 cm³/mol. The lowest BCUT2D eigenvalue weighted by atomic mass is 10.3. The molecule has 2 N–H and O–H groups in total. The van der Waals surface area contributed by atoms with Crippen LogP contribution >= 0.6 is 11.3 Å². The third-order valence-electron chi connectivity index (χ3n) is 3.60. The normalized spacial score (nSPS) is 14.3. The van der Waals surface area contributed by atoms with Crippen molar-refractivity contribution in [2.45, 2.75) is 39.2 Å². The van der Waals surface area contributed by atoms with Crippen molar-refractivity contribution in [1.82, 2.24) is 9.97 Å². The minimum atomic E-state index is 0.565. The quantitative estimate of drug-likeness (QED) is 0.881. The summed E-state index contributed by atoms with van der Waals surface area (Å²) < 4.78 is 0. The van der Waals surface area contributed by atoms with E-state index in [0.717, 1.165) is 24.0 Å². The molecule has 0 unspecified atom stereocenters. The lowest BCUT2D eigenvalue weighted by molar-refractivity contribution is 0.924. The lowest BCUT2D eigenvalue weighted by Crippen LogP contribution is -2.05. The van der Waals surface area contributed by atoms with Gasteiger partial charge in [-0.3, -0.25) is 0 Å². The summed E-state index contributed by atoms with van der Waals surface area (Å²) >= 11 is 1.84. The smallest absolute Gasteiger partial charge is 0.136 e. The topological polar surface area (TPSA) is 49.8 Å². The van der Waals surface area contributed by atoms with Gasteiger partial charge in [0, 0.05) is 28.8 Å². The third kappa shape index (κ3) is 2.93. The molecule has 2 heterocycles. The van der Waals surface area contributed by atoms with Gasteiger partial charge in [-0.25, -0.2) is 9.97 Å². The summed E-state index contributed by atoms with van der Waals surface area (Å²) in [6.07, 6.45) is 2.44. The summed E-state index contributed by atoms with van der Waals surface area (Å²) in [5.41, 5.74) is 1.36. The average molecular weight is 288 g/mol. The van der Waals surface area contributed by atoms with Crippen molar-refractivity contribution in [2.24, 2.45) is 0 Å². The van der Waals surface area contributed by atoms with Gasteiger partial charge in [0.2, 0.25) is 0 Å². The molecule has 1 fully saturated rings. The first-order chi connectivity index (χ1) is 9.65. The third-order valence-corrected chi connectivity index (χ3v) is 4.76. The second-order valence-corrected chi connectivity index (χ2v) is 6.67. The van der Waals surface area contributed by atoms with Crippen LogP contribution in [0.1, 0.15) is 39.9 Å². The highest BCUT2D eigenvalue weighted by molar-refractivity contribution is 7.12. The van der Waals surface area contributed by atoms with E-state index in [0.29, 0.717) is 5.92 Å². The summed E-state index contributed by atoms with van der Waals surface area (Å²) in [6, 6.07) is 4.22. The Morgan fingerprint density at radius 3 is 2.55 bits per heavy atom. The van der Waals surface area contributed by atoms with Gasteiger partial charge in [0.25, 0.3) is 0 Å². The van der Waals surface area contributed by atoms with E-state index in [1.54, 1.807) is 0 Å². The van der Waals surface area contributed by atoms with Gasteiger partial charge in [0.05, 0.1) is 6.54 Å². The summed E-state index contributed by atoms with van der Waals surface area (Å²) in [4.78, 5) is 11.9. The molecule has 1 aliphatic rings. The number of hydrogen-bond acceptors (Lipinski definition) is 5. The molecule has 0 radical (unpaired) electrons. The SMILES string of the molecule is CNc1cc(NCc2cc(C)c(C)s2)nc(C2CC2)n1. The molecular formula is C15H20N4S. The number of aromatic nitrogens is 2. The molecule has 0 aliphatic heterocycles. The van der Waals surface area contributed by atoms with Crippen LogP contribution in [0.3, 0.4) is 0 Å². The molecule has 2 aromatic rings. The highest BCUT2D eigenvalue weighted by Gasteiger charge is 2.27. The Kier molecular flexibility index (Phi) is 3.61. The van der Waals surface area contributed by atoms with Gasteiger partial charge in [-0.1, -0.05) is 0 Å². The number of aryl methyl sites for hydroxylation is 2. The molecule has 0 spiro atoms. The number of rotatable bonds is 5. The van der Waals surface area contributed by atoms with Gasteiger partial charge in [-0.2, -0.15) is 0 Å². The van der Waals surface area contributed by atoms with Gasteiger partial charge in [-0.15, -0.1) is 11.3 Å². The molecule has 106 valence electrons. The van der Waals surface area contributed by atoms with Gasteiger partial charge in [0.1, 0.15) is 17.5 Å². The monoisotopic (exact) mass is 288 g/mol. The van der Waals surface area contributed by atoms with Gasteiger partial charge < -0.3 is 10.6 Å². The zero-order valence-electron chi connectivity index (χ0n) is 12.2. The van der Waals surface area contributed by atoms with E-state index in [1.165, 1.54) is 28.2 Å². The largest absolute Gasteiger partial charge is 0.373 e. The lowest BCUT2D eigenvalue weighted by Gasteiger charge is -2.08. The van der Waals surface area contributed by atoms with Crippen LogP contribution in [0, 0.1) is 13.8 Å². The molecule has 20 heavy (non-hydrogen) atoms. The second-order valence-electron chi connectivity index (χ2n) is 5.33. The van der Waals surface area contributed by atoms with E-state index in [9.17, 15) is 0 Å². The molecule has 0 saturated heterocycles. The number of thiophene rings is 1. The van der Waals surface area contributed by atoms with Crippen LogP contribution < -0.4 is 10.6 Å². The second kappa shape index (κ2) is 5.40. The first kappa shape index (κ1) is 13.4. The van der Waals surface area contributed by atoms with E-state index in [1.807, 2.05) is 24.5 Å². The fraction of sp³-hybridized carbons (Fsp3) is 0.467. The van der Waals surface area contributed by atoms with Crippen molar-refractivity contribution in [3.63, 3.8) is 0 Å². The first-order valence-corrected chi connectivity index (χ1v) is 7.84. The van der Waals surface area contributed by atoms with Crippen LogP contribution in [-0.2, 0) is 6.54 Å². The summed E-state index contributed by atoms with van der Waals surface area (Å²) in [5.74, 6) is 3.34. The van der Waals surface area contributed by atoms with Crippen molar-refractivity contribution < 1.29 is 0 Å². The van der Waals surface area contributed by atoms with Gasteiger partial charge >= 0.3 is 0 Å². The van der Waals surface area contributed by atoms with Crippen molar-refractivity contribution >= 4 is 23.0 Å². The number of hydrogen-bond donors (Lipinski definition) is 2. The summed E-state index contributed by atoms with van der Waals surface area (Å²) in [5, 5.41) is 6.53. The van der Waals surface area contributed by atoms with Crippen LogP contribution in [0.2, 0.25) is 0 Å². The number of nitrogens with zero attached hydrogens (tertiary/aromatic N) is 2. The molecule has 5 heteroatoms. The Morgan fingerprint density at radius 2 is 1.95 bits per heavy atom. The van der Waals surface area contributed by atoms with Crippen LogP contribution in [0.5, 0.6) is 0 Å². The van der Waals surface area contributed by atoms with E-state index in [2.05, 4.69) is 40.5 Å². The van der Waals surface area contributed by atoms with E-state index in [4.69, 9.17) is 0 Å². The van der Waals surface area contributed by atoms with E-state index >= 15 is 0 Å². The maximum Gasteiger partial charge on any atom is 0.136 e. The molecule has 0 atom stereocenters. The van der Waals surface area contributed by atoms with E-state index < -0.39 is 0 Å². The summed E-state index contributed by atoms with van der Waals surface area (Å²) in [6.45, 7) is 5.15. The van der Waals surface area contributed by atoms with Crippen molar-refractivity contribution in [3.05, 3.63) is 33.3 Å². The first-order valence-electron chi connectivity index (χ1n) is 7.02.